The van der Waals surface area contributed by atoms with E-state index in [4.69, 9.17) is 5.73 Å². The number of aromatic nitrogens is 2. The maximum Gasteiger partial charge on any atom is 0.243 e. The number of hydrogen-bond donors (Lipinski definition) is 2. The van der Waals surface area contributed by atoms with Gasteiger partial charge in [0.2, 0.25) is 16.0 Å². The largest absolute Gasteiger partial charge is 0.368 e. The van der Waals surface area contributed by atoms with Crippen molar-refractivity contribution in [1.29, 1.82) is 0 Å². The van der Waals surface area contributed by atoms with Crippen molar-refractivity contribution in [3.63, 3.8) is 0 Å². The van der Waals surface area contributed by atoms with E-state index in [1.54, 1.807) is 0 Å². The van der Waals surface area contributed by atoms with Gasteiger partial charge < -0.3 is 5.73 Å². The molecule has 0 radical (unpaired) electrons. The summed E-state index contributed by atoms with van der Waals surface area (Å²) >= 11 is 0. The van der Waals surface area contributed by atoms with Crippen LogP contribution in [0.5, 0.6) is 0 Å². The molecule has 1 atom stereocenters. The number of nitrogens with two attached hydrogens (primary N) is 1. The van der Waals surface area contributed by atoms with Gasteiger partial charge in [0.25, 0.3) is 0 Å². The molecule has 0 bridgehead atoms. The second-order valence-corrected chi connectivity index (χ2v) is 5.41. The van der Waals surface area contributed by atoms with Crippen LogP contribution in [0.1, 0.15) is 20.3 Å². The first-order chi connectivity index (χ1) is 7.45. The van der Waals surface area contributed by atoms with Crippen LogP contribution in [0.3, 0.4) is 0 Å². The van der Waals surface area contributed by atoms with E-state index in [2.05, 4.69) is 14.7 Å². The molecular formula is C9H16N4O2S. The minimum Gasteiger partial charge on any atom is -0.368 e. The fraction of sp³-hybridized carbons (Fsp3) is 0.556. The van der Waals surface area contributed by atoms with Crippen LogP contribution in [0.2, 0.25) is 0 Å². The normalized spacial score (nSPS) is 13.6. The first kappa shape index (κ1) is 12.9. The van der Waals surface area contributed by atoms with Crippen LogP contribution in [0, 0.1) is 5.92 Å². The fourth-order valence-electron chi connectivity index (χ4n) is 0.945. The predicted octanol–water partition coefficient (Wildman–Crippen LogP) is 0.383. The van der Waals surface area contributed by atoms with Gasteiger partial charge in [-0.3, -0.25) is 0 Å². The molecule has 0 aliphatic heterocycles. The molecule has 1 aromatic heterocycles. The van der Waals surface area contributed by atoms with Gasteiger partial charge in [0, 0.05) is 6.54 Å². The van der Waals surface area contributed by atoms with Crippen molar-refractivity contribution in [2.75, 3.05) is 12.3 Å². The summed E-state index contributed by atoms with van der Waals surface area (Å²) < 4.78 is 26.0. The number of anilines is 1. The topological polar surface area (TPSA) is 98.0 Å². The van der Waals surface area contributed by atoms with Gasteiger partial charge >= 0.3 is 0 Å². The van der Waals surface area contributed by atoms with Crippen molar-refractivity contribution in [3.05, 3.63) is 12.4 Å². The Morgan fingerprint density at radius 3 is 2.50 bits per heavy atom. The van der Waals surface area contributed by atoms with E-state index in [9.17, 15) is 8.42 Å². The molecule has 0 saturated carbocycles. The fourth-order valence-corrected chi connectivity index (χ4v) is 2.00. The van der Waals surface area contributed by atoms with Crippen molar-refractivity contribution in [2.45, 2.75) is 25.2 Å². The van der Waals surface area contributed by atoms with E-state index in [1.165, 1.54) is 12.4 Å². The highest BCUT2D eigenvalue weighted by Gasteiger charge is 2.15. The van der Waals surface area contributed by atoms with Crippen LogP contribution < -0.4 is 10.5 Å². The SMILES string of the molecule is CCC(C)CNS(=O)(=O)c1cnc(N)nc1. The maximum atomic E-state index is 11.7. The van der Waals surface area contributed by atoms with E-state index in [-0.39, 0.29) is 10.8 Å². The van der Waals surface area contributed by atoms with Crippen LogP contribution in [0.4, 0.5) is 5.95 Å². The molecule has 0 aromatic carbocycles. The zero-order chi connectivity index (χ0) is 12.2. The maximum absolute atomic E-state index is 11.7. The number of rotatable bonds is 5. The highest BCUT2D eigenvalue weighted by atomic mass is 32.2. The molecule has 7 heteroatoms. The highest BCUT2D eigenvalue weighted by molar-refractivity contribution is 7.89. The highest BCUT2D eigenvalue weighted by Crippen LogP contribution is 2.07. The van der Waals surface area contributed by atoms with Gasteiger partial charge in [0.05, 0.1) is 12.4 Å². The summed E-state index contributed by atoms with van der Waals surface area (Å²) in [5.74, 6) is 0.352. The van der Waals surface area contributed by atoms with Crippen molar-refractivity contribution in [2.24, 2.45) is 5.92 Å². The molecule has 0 amide bonds. The lowest BCUT2D eigenvalue weighted by Crippen LogP contribution is -2.28. The second kappa shape index (κ2) is 5.22. The van der Waals surface area contributed by atoms with E-state index in [0.717, 1.165) is 6.42 Å². The lowest BCUT2D eigenvalue weighted by atomic mass is 10.1. The van der Waals surface area contributed by atoms with Crippen LogP contribution in [-0.4, -0.2) is 24.9 Å². The molecule has 0 aliphatic carbocycles. The first-order valence-corrected chi connectivity index (χ1v) is 6.51. The van der Waals surface area contributed by atoms with E-state index >= 15 is 0 Å². The van der Waals surface area contributed by atoms with E-state index in [1.807, 2.05) is 13.8 Å². The molecule has 3 N–H and O–H groups in total. The molecule has 0 fully saturated rings. The lowest BCUT2D eigenvalue weighted by molar-refractivity contribution is 0.528. The van der Waals surface area contributed by atoms with Gasteiger partial charge in [-0.2, -0.15) is 0 Å². The second-order valence-electron chi connectivity index (χ2n) is 3.64. The minimum atomic E-state index is -3.51. The van der Waals surface area contributed by atoms with Crippen LogP contribution in [0.15, 0.2) is 17.3 Å². The summed E-state index contributed by atoms with van der Waals surface area (Å²) in [7, 11) is -3.51. The summed E-state index contributed by atoms with van der Waals surface area (Å²) in [4.78, 5) is 7.31. The van der Waals surface area contributed by atoms with Gasteiger partial charge in [-0.15, -0.1) is 0 Å². The third-order valence-electron chi connectivity index (χ3n) is 2.28. The molecule has 16 heavy (non-hydrogen) atoms. The Morgan fingerprint density at radius 2 is 2.00 bits per heavy atom. The molecule has 1 rings (SSSR count). The predicted molar refractivity (Wildman–Crippen MR) is 61.1 cm³/mol. The number of hydrogen-bond acceptors (Lipinski definition) is 5. The third-order valence-corrected chi connectivity index (χ3v) is 3.66. The standard InChI is InChI=1S/C9H16N4O2S/c1-3-7(2)4-13-16(14,15)8-5-11-9(10)12-6-8/h5-7,13H,3-4H2,1-2H3,(H2,10,11,12). The molecule has 1 heterocycles. The zero-order valence-corrected chi connectivity index (χ0v) is 10.2. The summed E-state index contributed by atoms with van der Waals surface area (Å²) in [5, 5.41) is 0. The van der Waals surface area contributed by atoms with Gasteiger partial charge in [-0.1, -0.05) is 20.3 Å². The Bertz CT molecular complexity index is 429. The van der Waals surface area contributed by atoms with Gasteiger partial charge in [-0.05, 0) is 5.92 Å². The molecule has 90 valence electrons. The van der Waals surface area contributed by atoms with Crippen molar-refractivity contribution in [3.8, 4) is 0 Å². The number of nitrogen functional groups attached to an aromatic ring is 1. The molecule has 0 saturated heterocycles. The van der Waals surface area contributed by atoms with Gasteiger partial charge in [-0.25, -0.2) is 23.1 Å². The molecule has 6 nitrogen and oxygen atoms in total. The lowest BCUT2D eigenvalue weighted by Gasteiger charge is -2.10. The third kappa shape index (κ3) is 3.42. The van der Waals surface area contributed by atoms with Crippen molar-refractivity contribution < 1.29 is 8.42 Å². The Morgan fingerprint density at radius 1 is 1.44 bits per heavy atom. The molecular weight excluding hydrogens is 228 g/mol. The Kier molecular flexibility index (Phi) is 4.19. The first-order valence-electron chi connectivity index (χ1n) is 5.03. The summed E-state index contributed by atoms with van der Waals surface area (Å²) in [6.45, 7) is 4.39. The summed E-state index contributed by atoms with van der Waals surface area (Å²) in [6, 6.07) is 0. The van der Waals surface area contributed by atoms with Crippen LogP contribution in [-0.2, 0) is 10.0 Å². The van der Waals surface area contributed by atoms with Crippen molar-refractivity contribution in [1.82, 2.24) is 14.7 Å². The Balaban J connectivity index is 2.74. The number of nitrogens with zero attached hydrogens (tertiary/aromatic N) is 2. The average molecular weight is 244 g/mol. The smallest absolute Gasteiger partial charge is 0.243 e. The monoisotopic (exact) mass is 244 g/mol. The average Bonchev–Trinajstić information content (AvgIpc) is 2.26. The van der Waals surface area contributed by atoms with E-state index < -0.39 is 10.0 Å². The molecule has 0 spiro atoms. The van der Waals surface area contributed by atoms with Gasteiger partial charge in [0.15, 0.2) is 0 Å². The van der Waals surface area contributed by atoms with E-state index in [0.29, 0.717) is 12.5 Å². The quantitative estimate of drug-likeness (QED) is 0.780. The zero-order valence-electron chi connectivity index (χ0n) is 9.34. The molecule has 0 aliphatic rings. The summed E-state index contributed by atoms with van der Waals surface area (Å²) in [6.07, 6.45) is 3.31. The van der Waals surface area contributed by atoms with Gasteiger partial charge in [0.1, 0.15) is 4.90 Å². The number of nitrogens with one attached hydrogen (secondary N) is 1. The number of sulfonamides is 1. The molecule has 1 unspecified atom stereocenters. The Hall–Kier alpha value is -1.21. The Labute approximate surface area is 95.3 Å². The summed E-state index contributed by atoms with van der Waals surface area (Å²) in [5.41, 5.74) is 5.28. The van der Waals surface area contributed by atoms with Crippen LogP contribution in [0.25, 0.3) is 0 Å². The molecule has 1 aromatic rings. The minimum absolute atomic E-state index is 0.0324. The van der Waals surface area contributed by atoms with Crippen LogP contribution >= 0.6 is 0 Å². The van der Waals surface area contributed by atoms with Crippen molar-refractivity contribution >= 4 is 16.0 Å².